The molecule has 4 heteroatoms. The van der Waals surface area contributed by atoms with E-state index in [0.717, 1.165) is 19.3 Å². The number of carbonyl (C=O) groups is 1. The van der Waals surface area contributed by atoms with Crippen LogP contribution in [0.1, 0.15) is 83.9 Å². The second kappa shape index (κ2) is 14.6. The first-order valence-electron chi connectivity index (χ1n) is 8.83. The zero-order valence-electron chi connectivity index (χ0n) is 14.7. The maximum Gasteiger partial charge on any atom is 0.253 e. The number of hydrogen-bond acceptors (Lipinski definition) is 2. The molecule has 4 nitrogen and oxygen atoms in total. The van der Waals surface area contributed by atoms with Crippen molar-refractivity contribution in [2.45, 2.75) is 84.5 Å². The average Bonchev–Trinajstić information content (AvgIpc) is 2.91. The molecule has 1 heterocycles. The highest BCUT2D eigenvalue weighted by atomic mass is 16.4. The highest BCUT2D eigenvalue weighted by molar-refractivity contribution is 5.63. The minimum absolute atomic E-state index is 0.232. The summed E-state index contributed by atoms with van der Waals surface area (Å²) < 4.78 is 2.08. The number of H-pyrrole nitrogens is 1. The first kappa shape index (κ1) is 20.7. The van der Waals surface area contributed by atoms with Gasteiger partial charge in [-0.05, 0) is 12.8 Å². The number of unbranched alkanes of at least 4 members (excludes halogenated alkanes) is 8. The van der Waals surface area contributed by atoms with Crippen molar-refractivity contribution in [3.05, 3.63) is 18.2 Å². The molecule has 1 aromatic heterocycles. The molecule has 0 aliphatic rings. The van der Waals surface area contributed by atoms with E-state index < -0.39 is 5.97 Å². The second-order valence-electron chi connectivity index (χ2n) is 5.82. The first-order chi connectivity index (χ1) is 10.6. The van der Waals surface area contributed by atoms with Crippen LogP contribution in [0, 0.1) is 0 Å². The van der Waals surface area contributed by atoms with Gasteiger partial charge in [-0.25, -0.2) is 9.55 Å². The number of carbonyl (C=O) groups excluding carboxylic acids is 1. The lowest BCUT2D eigenvalue weighted by Gasteiger charge is -2.02. The molecule has 0 aliphatic carbocycles. The number of hydrogen-bond donors (Lipinski definition) is 1. The fraction of sp³-hybridized carbons (Fsp3) is 0.778. The Kier molecular flexibility index (Phi) is 13.7. The number of aliphatic carboxylic acids is 1. The summed E-state index contributed by atoms with van der Waals surface area (Å²) in [5, 5.41) is 10.1. The molecule has 0 atom stereocenters. The predicted molar refractivity (Wildman–Crippen MR) is 88.2 cm³/mol. The number of rotatable bonds is 11. The van der Waals surface area contributed by atoms with Gasteiger partial charge in [-0.3, -0.25) is 0 Å². The first-order valence-corrected chi connectivity index (χ1v) is 8.83. The molecule has 1 aromatic rings. The predicted octanol–water partition coefficient (Wildman–Crippen LogP) is 3.06. The Labute approximate surface area is 136 Å². The quantitative estimate of drug-likeness (QED) is 0.504. The van der Waals surface area contributed by atoms with Gasteiger partial charge in [0.05, 0.1) is 7.05 Å². The number of carboxylic acid groups (broad SMARTS) is 1. The Morgan fingerprint density at radius 1 is 1.05 bits per heavy atom. The van der Waals surface area contributed by atoms with Crippen molar-refractivity contribution in [1.29, 1.82) is 0 Å². The number of nitrogens with one attached hydrogen (secondary N) is 1. The standard InChI is InChI=1S/C12H24O2.C6H10N2/c1-2-3-4-5-6-7-8-9-10-11-12(13)14;1-3-6-7-4-5-8(6)2/h2-11H2,1H3,(H,13,14);4-5H,3H2,1-2H3. The number of imidazole rings is 1. The molecule has 22 heavy (non-hydrogen) atoms. The molecule has 0 saturated heterocycles. The van der Waals surface area contributed by atoms with Crippen LogP contribution in [-0.4, -0.2) is 11.0 Å². The summed E-state index contributed by atoms with van der Waals surface area (Å²) in [6.07, 6.45) is 16.2. The zero-order chi connectivity index (χ0) is 16.6. The van der Waals surface area contributed by atoms with Crippen molar-refractivity contribution in [2.75, 3.05) is 0 Å². The largest absolute Gasteiger partial charge is 0.550 e. The van der Waals surface area contributed by atoms with Crippen LogP contribution in [0.5, 0.6) is 0 Å². The Morgan fingerprint density at radius 3 is 1.95 bits per heavy atom. The van der Waals surface area contributed by atoms with Gasteiger partial charge >= 0.3 is 0 Å². The molecule has 0 unspecified atom stereocenters. The fourth-order valence-corrected chi connectivity index (χ4v) is 2.37. The summed E-state index contributed by atoms with van der Waals surface area (Å²) >= 11 is 0. The smallest absolute Gasteiger partial charge is 0.253 e. The molecule has 0 saturated carbocycles. The average molecular weight is 310 g/mol. The van der Waals surface area contributed by atoms with Gasteiger partial charge in [0.25, 0.3) is 5.82 Å². The van der Waals surface area contributed by atoms with E-state index in [9.17, 15) is 9.90 Å². The van der Waals surface area contributed by atoms with Crippen molar-refractivity contribution in [1.82, 2.24) is 4.98 Å². The number of aromatic amines is 1. The van der Waals surface area contributed by atoms with Gasteiger partial charge in [-0.2, -0.15) is 0 Å². The van der Waals surface area contributed by atoms with Gasteiger partial charge in [0.1, 0.15) is 12.4 Å². The van der Waals surface area contributed by atoms with Gasteiger partial charge in [-0.15, -0.1) is 0 Å². The molecule has 0 fully saturated rings. The summed E-state index contributed by atoms with van der Waals surface area (Å²) in [7, 11) is 2.04. The van der Waals surface area contributed by atoms with E-state index >= 15 is 0 Å². The highest BCUT2D eigenvalue weighted by Crippen LogP contribution is 2.10. The molecule has 0 aromatic carbocycles. The van der Waals surface area contributed by atoms with Crippen LogP contribution in [0.15, 0.2) is 12.4 Å². The van der Waals surface area contributed by atoms with Crippen LogP contribution in [0.2, 0.25) is 0 Å². The summed E-state index contributed by atoms with van der Waals surface area (Å²) in [6, 6.07) is 0. The Hall–Kier alpha value is -1.32. The van der Waals surface area contributed by atoms with Crippen molar-refractivity contribution in [2.24, 2.45) is 7.05 Å². The molecular formula is C18H34N2O2. The maximum absolute atomic E-state index is 10.1. The van der Waals surface area contributed by atoms with E-state index in [-0.39, 0.29) is 6.42 Å². The summed E-state index contributed by atoms with van der Waals surface area (Å²) in [6.45, 7) is 4.35. The molecule has 1 rings (SSSR count). The molecule has 0 bridgehead atoms. The summed E-state index contributed by atoms with van der Waals surface area (Å²) in [5.41, 5.74) is 0. The Bertz CT molecular complexity index is 375. The molecule has 0 radical (unpaired) electrons. The number of aromatic nitrogens is 2. The zero-order valence-corrected chi connectivity index (χ0v) is 14.7. The molecule has 1 N–H and O–H groups in total. The van der Waals surface area contributed by atoms with Crippen LogP contribution < -0.4 is 9.67 Å². The van der Waals surface area contributed by atoms with Crippen molar-refractivity contribution in [3.63, 3.8) is 0 Å². The monoisotopic (exact) mass is 310 g/mol. The van der Waals surface area contributed by atoms with Crippen LogP contribution in [0.4, 0.5) is 0 Å². The summed E-state index contributed by atoms with van der Waals surface area (Å²) in [4.78, 5) is 13.2. The molecule has 0 aliphatic heterocycles. The lowest BCUT2D eigenvalue weighted by atomic mass is 10.1. The van der Waals surface area contributed by atoms with E-state index in [1.807, 2.05) is 19.4 Å². The maximum atomic E-state index is 10.1. The minimum Gasteiger partial charge on any atom is -0.550 e. The van der Waals surface area contributed by atoms with Crippen molar-refractivity contribution < 1.29 is 14.5 Å². The number of carboxylic acids is 1. The topological polar surface area (TPSA) is 59.8 Å². The molecule has 128 valence electrons. The van der Waals surface area contributed by atoms with Crippen LogP contribution >= 0.6 is 0 Å². The third-order valence-corrected chi connectivity index (χ3v) is 3.79. The lowest BCUT2D eigenvalue weighted by molar-refractivity contribution is -0.677. The lowest BCUT2D eigenvalue weighted by Crippen LogP contribution is -2.29. The number of aryl methyl sites for hydroxylation is 2. The van der Waals surface area contributed by atoms with Crippen LogP contribution in [-0.2, 0) is 18.3 Å². The van der Waals surface area contributed by atoms with Crippen LogP contribution in [0.3, 0.4) is 0 Å². The minimum atomic E-state index is -0.909. The van der Waals surface area contributed by atoms with E-state index in [0.29, 0.717) is 0 Å². The Morgan fingerprint density at radius 2 is 1.59 bits per heavy atom. The van der Waals surface area contributed by atoms with Gasteiger partial charge in [0.15, 0.2) is 0 Å². The second-order valence-corrected chi connectivity index (χ2v) is 5.82. The molecule has 0 amide bonds. The van der Waals surface area contributed by atoms with Crippen molar-refractivity contribution in [3.8, 4) is 0 Å². The Balaban J connectivity index is 0.000000461. The van der Waals surface area contributed by atoms with E-state index in [1.165, 1.54) is 50.8 Å². The third-order valence-electron chi connectivity index (χ3n) is 3.79. The van der Waals surface area contributed by atoms with Gasteiger partial charge in [0.2, 0.25) is 0 Å². The molecule has 0 spiro atoms. The van der Waals surface area contributed by atoms with E-state index in [1.54, 1.807) is 0 Å². The SMILES string of the molecule is CCCCCCCCCCCC(=O)[O-].CCc1[nH]cc[n+]1C. The van der Waals surface area contributed by atoms with E-state index in [4.69, 9.17) is 0 Å². The van der Waals surface area contributed by atoms with Crippen LogP contribution in [0.25, 0.3) is 0 Å². The van der Waals surface area contributed by atoms with Gasteiger partial charge in [-0.1, -0.05) is 65.2 Å². The van der Waals surface area contributed by atoms with Gasteiger partial charge in [0, 0.05) is 12.4 Å². The summed E-state index contributed by atoms with van der Waals surface area (Å²) in [5.74, 6) is 0.359. The fourth-order valence-electron chi connectivity index (χ4n) is 2.37. The third kappa shape index (κ3) is 12.4. The number of nitrogens with zero attached hydrogens (tertiary/aromatic N) is 1. The highest BCUT2D eigenvalue weighted by Gasteiger charge is 1.99. The van der Waals surface area contributed by atoms with Gasteiger partial charge < -0.3 is 9.90 Å². The normalized spacial score (nSPS) is 10.1. The molecular weight excluding hydrogens is 276 g/mol. The van der Waals surface area contributed by atoms with Crippen molar-refractivity contribution >= 4 is 5.97 Å². The van der Waals surface area contributed by atoms with E-state index in [2.05, 4.69) is 23.4 Å².